The normalized spacial score (nSPS) is 11.1. The van der Waals surface area contributed by atoms with E-state index in [0.717, 1.165) is 24.5 Å². The van der Waals surface area contributed by atoms with Crippen molar-refractivity contribution in [2.45, 2.75) is 6.54 Å². The molecule has 0 amide bonds. The molecule has 5 heteroatoms. The first-order valence-corrected chi connectivity index (χ1v) is 5.84. The van der Waals surface area contributed by atoms with Gasteiger partial charge in [-0.25, -0.2) is 0 Å². The second-order valence-electron chi connectivity index (χ2n) is 3.45. The summed E-state index contributed by atoms with van der Waals surface area (Å²) in [7, 11) is 4.18. The highest BCUT2D eigenvalue weighted by Gasteiger charge is 1.95. The van der Waals surface area contributed by atoms with Gasteiger partial charge in [-0.1, -0.05) is 0 Å². The summed E-state index contributed by atoms with van der Waals surface area (Å²) in [5.74, 6) is 2.26. The van der Waals surface area contributed by atoms with Gasteiger partial charge in [-0.15, -0.1) is 0 Å². The predicted molar refractivity (Wildman–Crippen MR) is 62.5 cm³/mol. The van der Waals surface area contributed by atoms with E-state index in [0.29, 0.717) is 0 Å². The van der Waals surface area contributed by atoms with E-state index < -0.39 is 0 Å². The number of thioether (sulfide) groups is 1. The molecule has 80 valence electrons. The second kappa shape index (κ2) is 5.93. The van der Waals surface area contributed by atoms with E-state index in [-0.39, 0.29) is 0 Å². The average Bonchev–Trinajstić information content (AvgIpc) is 2.50. The third-order valence-electron chi connectivity index (χ3n) is 1.80. The van der Waals surface area contributed by atoms with Crippen LogP contribution in [-0.4, -0.2) is 46.8 Å². The summed E-state index contributed by atoms with van der Waals surface area (Å²) < 4.78 is 1.89. The highest BCUT2D eigenvalue weighted by molar-refractivity contribution is 7.99. The minimum Gasteiger partial charge on any atom is -0.396 e. The van der Waals surface area contributed by atoms with Gasteiger partial charge in [-0.3, -0.25) is 4.68 Å². The average molecular weight is 214 g/mol. The molecule has 0 bridgehead atoms. The van der Waals surface area contributed by atoms with Crippen LogP contribution in [0.5, 0.6) is 0 Å². The van der Waals surface area contributed by atoms with Gasteiger partial charge in [0, 0.05) is 24.2 Å². The Balaban J connectivity index is 2.04. The van der Waals surface area contributed by atoms with E-state index >= 15 is 0 Å². The Hall–Kier alpha value is -0.680. The smallest absolute Gasteiger partial charge is 0.0719 e. The molecule has 0 aliphatic rings. The maximum atomic E-state index is 5.55. The van der Waals surface area contributed by atoms with Crippen LogP contribution in [0.15, 0.2) is 12.4 Å². The first-order valence-electron chi connectivity index (χ1n) is 4.69. The Morgan fingerprint density at radius 3 is 2.86 bits per heavy atom. The van der Waals surface area contributed by atoms with Crippen molar-refractivity contribution in [2.24, 2.45) is 0 Å². The van der Waals surface area contributed by atoms with Gasteiger partial charge in [-0.05, 0) is 14.1 Å². The molecule has 1 aromatic rings. The van der Waals surface area contributed by atoms with Gasteiger partial charge in [0.2, 0.25) is 0 Å². The number of aryl methyl sites for hydroxylation is 1. The zero-order valence-electron chi connectivity index (χ0n) is 8.81. The van der Waals surface area contributed by atoms with Crippen molar-refractivity contribution in [1.29, 1.82) is 0 Å². The molecule has 0 aromatic carbocycles. The summed E-state index contributed by atoms with van der Waals surface area (Å²) in [4.78, 5) is 2.19. The third-order valence-corrected chi connectivity index (χ3v) is 2.74. The van der Waals surface area contributed by atoms with Crippen LogP contribution in [0.2, 0.25) is 0 Å². The van der Waals surface area contributed by atoms with Crippen molar-refractivity contribution in [2.75, 3.05) is 37.9 Å². The Bertz CT molecular complexity index is 259. The van der Waals surface area contributed by atoms with Crippen molar-refractivity contribution < 1.29 is 0 Å². The molecule has 0 aliphatic carbocycles. The third kappa shape index (κ3) is 4.53. The molecule has 4 nitrogen and oxygen atoms in total. The first-order chi connectivity index (χ1) is 6.68. The number of nitrogens with zero attached hydrogens (tertiary/aromatic N) is 3. The Morgan fingerprint density at radius 2 is 2.29 bits per heavy atom. The number of hydrogen-bond donors (Lipinski definition) is 1. The van der Waals surface area contributed by atoms with Crippen LogP contribution in [0.3, 0.4) is 0 Å². The lowest BCUT2D eigenvalue weighted by Gasteiger charge is -2.08. The molecule has 14 heavy (non-hydrogen) atoms. The number of rotatable bonds is 6. The molecule has 0 aliphatic heterocycles. The summed E-state index contributed by atoms with van der Waals surface area (Å²) >= 11 is 1.94. The molecule has 0 saturated heterocycles. The quantitative estimate of drug-likeness (QED) is 0.710. The monoisotopic (exact) mass is 214 g/mol. The van der Waals surface area contributed by atoms with Crippen molar-refractivity contribution in [3.63, 3.8) is 0 Å². The molecule has 0 saturated carbocycles. The largest absolute Gasteiger partial charge is 0.396 e. The number of nitrogens with two attached hydrogens (primary N) is 1. The van der Waals surface area contributed by atoms with Crippen LogP contribution < -0.4 is 5.73 Å². The van der Waals surface area contributed by atoms with Crippen LogP contribution in [0, 0.1) is 0 Å². The second-order valence-corrected chi connectivity index (χ2v) is 4.68. The molecule has 1 rings (SSSR count). The van der Waals surface area contributed by atoms with E-state index in [4.69, 9.17) is 5.73 Å². The maximum absolute atomic E-state index is 5.55. The van der Waals surface area contributed by atoms with Crippen molar-refractivity contribution in [3.8, 4) is 0 Å². The zero-order valence-corrected chi connectivity index (χ0v) is 9.63. The van der Waals surface area contributed by atoms with Crippen molar-refractivity contribution >= 4 is 17.4 Å². The summed E-state index contributed by atoms with van der Waals surface area (Å²) in [5.41, 5.74) is 6.29. The van der Waals surface area contributed by atoms with E-state index in [1.165, 1.54) is 5.75 Å². The lowest BCUT2D eigenvalue weighted by atomic mass is 10.6. The highest BCUT2D eigenvalue weighted by Crippen LogP contribution is 2.03. The van der Waals surface area contributed by atoms with Crippen LogP contribution >= 0.6 is 11.8 Å². The molecule has 0 spiro atoms. The molecule has 1 heterocycles. The summed E-state index contributed by atoms with van der Waals surface area (Å²) in [5, 5.41) is 4.12. The SMILES string of the molecule is CN(C)CCSCCn1cc(N)cn1. The first kappa shape index (κ1) is 11.4. The van der Waals surface area contributed by atoms with Gasteiger partial charge in [0.05, 0.1) is 18.4 Å². The fraction of sp³-hybridized carbons (Fsp3) is 0.667. The lowest BCUT2D eigenvalue weighted by Crippen LogP contribution is -2.15. The molecular formula is C9H18N4S. The van der Waals surface area contributed by atoms with Gasteiger partial charge < -0.3 is 10.6 Å². The molecule has 0 atom stereocenters. The maximum Gasteiger partial charge on any atom is 0.0719 e. The van der Waals surface area contributed by atoms with Gasteiger partial charge in [0.15, 0.2) is 0 Å². The van der Waals surface area contributed by atoms with Crippen molar-refractivity contribution in [1.82, 2.24) is 14.7 Å². The van der Waals surface area contributed by atoms with Crippen molar-refractivity contribution in [3.05, 3.63) is 12.4 Å². The van der Waals surface area contributed by atoms with E-state index in [9.17, 15) is 0 Å². The molecular weight excluding hydrogens is 196 g/mol. The number of hydrogen-bond acceptors (Lipinski definition) is 4. The number of nitrogen functional groups attached to an aromatic ring is 1. The van der Waals surface area contributed by atoms with Gasteiger partial charge in [0.25, 0.3) is 0 Å². The van der Waals surface area contributed by atoms with Gasteiger partial charge in [-0.2, -0.15) is 16.9 Å². The van der Waals surface area contributed by atoms with Gasteiger partial charge >= 0.3 is 0 Å². The van der Waals surface area contributed by atoms with E-state index in [1.54, 1.807) is 6.20 Å². The van der Waals surface area contributed by atoms with E-state index in [2.05, 4.69) is 24.1 Å². The molecule has 2 N–H and O–H groups in total. The standard InChI is InChI=1S/C9H18N4S/c1-12(2)3-5-14-6-4-13-8-9(10)7-11-13/h7-8H,3-6,10H2,1-2H3. The molecule has 0 unspecified atom stereocenters. The molecule has 0 radical (unpaired) electrons. The summed E-state index contributed by atoms with van der Waals surface area (Å²) in [6.07, 6.45) is 3.55. The van der Waals surface area contributed by atoms with Gasteiger partial charge in [0.1, 0.15) is 0 Å². The number of anilines is 1. The van der Waals surface area contributed by atoms with E-state index in [1.807, 2.05) is 22.6 Å². The fourth-order valence-electron chi connectivity index (χ4n) is 1.01. The number of aromatic nitrogens is 2. The molecule has 1 aromatic heterocycles. The Kier molecular flexibility index (Phi) is 4.82. The Labute approximate surface area is 89.5 Å². The van der Waals surface area contributed by atoms with Crippen LogP contribution in [0.1, 0.15) is 0 Å². The minimum atomic E-state index is 0.739. The highest BCUT2D eigenvalue weighted by atomic mass is 32.2. The molecule has 0 fully saturated rings. The summed E-state index contributed by atoms with van der Waals surface area (Å²) in [6.45, 7) is 2.07. The summed E-state index contributed by atoms with van der Waals surface area (Å²) in [6, 6.07) is 0. The topological polar surface area (TPSA) is 47.1 Å². The van der Waals surface area contributed by atoms with Crippen LogP contribution in [-0.2, 0) is 6.54 Å². The minimum absolute atomic E-state index is 0.739. The lowest BCUT2D eigenvalue weighted by molar-refractivity contribution is 0.437. The zero-order chi connectivity index (χ0) is 10.4. The van der Waals surface area contributed by atoms with Crippen LogP contribution in [0.25, 0.3) is 0 Å². The Morgan fingerprint density at radius 1 is 1.50 bits per heavy atom. The fourth-order valence-corrected chi connectivity index (χ4v) is 2.02. The van der Waals surface area contributed by atoms with Crippen LogP contribution in [0.4, 0.5) is 5.69 Å². The predicted octanol–water partition coefficient (Wildman–Crippen LogP) is 0.760.